The number of amides is 1. The molecule has 1 saturated carbocycles. The van der Waals surface area contributed by atoms with E-state index in [0.717, 1.165) is 19.4 Å². The Morgan fingerprint density at radius 3 is 2.78 bits per heavy atom. The van der Waals surface area contributed by atoms with Crippen LogP contribution in [0.15, 0.2) is 22.7 Å². The molecule has 4 rings (SSSR count). The molecule has 174 valence electrons. The lowest BCUT2D eigenvalue weighted by atomic mass is 9.97. The van der Waals surface area contributed by atoms with Gasteiger partial charge in [-0.3, -0.25) is 4.79 Å². The first-order chi connectivity index (χ1) is 15.7. The van der Waals surface area contributed by atoms with Crippen molar-refractivity contribution in [2.75, 3.05) is 40.5 Å². The molecular formula is C24H33N3O5. The highest BCUT2D eigenvalue weighted by Gasteiger charge is 2.30. The zero-order valence-electron chi connectivity index (χ0n) is 19.0. The minimum atomic E-state index is -0.0609. The van der Waals surface area contributed by atoms with Crippen LogP contribution in [0.4, 0.5) is 0 Å². The smallest absolute Gasteiger partial charge is 0.257 e. The molecule has 1 saturated heterocycles. The van der Waals surface area contributed by atoms with Crippen LogP contribution in [0.5, 0.6) is 11.5 Å². The van der Waals surface area contributed by atoms with Gasteiger partial charge in [-0.15, -0.1) is 0 Å². The molecule has 8 heteroatoms. The summed E-state index contributed by atoms with van der Waals surface area (Å²) in [6, 6.07) is 5.25. The van der Waals surface area contributed by atoms with Crippen LogP contribution in [0.1, 0.15) is 66.5 Å². The second-order valence-corrected chi connectivity index (χ2v) is 8.68. The lowest BCUT2D eigenvalue weighted by Gasteiger charge is -2.31. The topological polar surface area (TPSA) is 86.9 Å². The first kappa shape index (κ1) is 22.6. The molecule has 1 atom stereocenters. The molecule has 32 heavy (non-hydrogen) atoms. The van der Waals surface area contributed by atoms with Gasteiger partial charge in [0.05, 0.1) is 32.3 Å². The molecule has 0 radical (unpaired) electrons. The number of ether oxygens (including phenoxy) is 3. The van der Waals surface area contributed by atoms with Gasteiger partial charge >= 0.3 is 0 Å². The molecule has 0 spiro atoms. The fourth-order valence-corrected chi connectivity index (χ4v) is 4.63. The van der Waals surface area contributed by atoms with Gasteiger partial charge in [-0.2, -0.15) is 4.98 Å². The van der Waals surface area contributed by atoms with Crippen molar-refractivity contribution >= 4 is 5.91 Å². The normalized spacial score (nSPS) is 19.3. The van der Waals surface area contributed by atoms with Gasteiger partial charge < -0.3 is 23.6 Å². The zero-order chi connectivity index (χ0) is 22.3. The number of nitrogens with zero attached hydrogens (tertiary/aromatic N) is 3. The molecule has 8 nitrogen and oxygen atoms in total. The van der Waals surface area contributed by atoms with E-state index in [1.807, 2.05) is 4.90 Å². The Labute approximate surface area is 189 Å². The van der Waals surface area contributed by atoms with E-state index in [1.54, 1.807) is 32.4 Å². The van der Waals surface area contributed by atoms with Gasteiger partial charge in [0.2, 0.25) is 5.89 Å². The van der Waals surface area contributed by atoms with Crippen LogP contribution >= 0.6 is 0 Å². The predicted octanol–water partition coefficient (Wildman–Crippen LogP) is 3.86. The molecule has 2 aromatic rings. The maximum absolute atomic E-state index is 13.2. The first-order valence-corrected chi connectivity index (χ1v) is 11.6. The number of hydrogen-bond donors (Lipinski definition) is 0. The average molecular weight is 444 g/mol. The molecule has 1 aliphatic carbocycles. The van der Waals surface area contributed by atoms with Crippen LogP contribution < -0.4 is 9.47 Å². The number of carbonyl (C=O) groups is 1. The third kappa shape index (κ3) is 5.41. The van der Waals surface area contributed by atoms with E-state index < -0.39 is 0 Å². The summed E-state index contributed by atoms with van der Waals surface area (Å²) in [5.41, 5.74) is 0.527. The van der Waals surface area contributed by atoms with Crippen LogP contribution in [0.2, 0.25) is 0 Å². The average Bonchev–Trinajstić information content (AvgIpc) is 3.53. The van der Waals surface area contributed by atoms with Crippen LogP contribution in [0.3, 0.4) is 0 Å². The van der Waals surface area contributed by atoms with Crippen molar-refractivity contribution in [3.8, 4) is 11.5 Å². The van der Waals surface area contributed by atoms with Crippen LogP contribution in [-0.4, -0.2) is 61.5 Å². The number of piperidine rings is 1. The molecule has 2 heterocycles. The van der Waals surface area contributed by atoms with Crippen LogP contribution in [0, 0.1) is 5.92 Å². The molecule has 1 aromatic carbocycles. The van der Waals surface area contributed by atoms with Gasteiger partial charge in [-0.05, 0) is 43.7 Å². The van der Waals surface area contributed by atoms with Crippen LogP contribution in [-0.2, 0) is 11.2 Å². The minimum absolute atomic E-state index is 0.0394. The van der Waals surface area contributed by atoms with E-state index >= 15 is 0 Å². The van der Waals surface area contributed by atoms with Gasteiger partial charge in [-0.1, -0.05) is 18.0 Å². The quantitative estimate of drug-likeness (QED) is 0.544. The largest absolute Gasteiger partial charge is 0.497 e. The SMILES string of the molecule is COc1ccc(C(=O)N2CCCC(c3nc(CCOCC4CCCC4)no3)C2)c(OC)c1. The summed E-state index contributed by atoms with van der Waals surface area (Å²) in [5, 5.41) is 4.13. The number of aromatic nitrogens is 2. The summed E-state index contributed by atoms with van der Waals surface area (Å²) in [4.78, 5) is 19.6. The lowest BCUT2D eigenvalue weighted by Crippen LogP contribution is -2.39. The Morgan fingerprint density at radius 1 is 1.16 bits per heavy atom. The Balaban J connectivity index is 1.32. The highest BCUT2D eigenvalue weighted by molar-refractivity contribution is 5.97. The summed E-state index contributed by atoms with van der Waals surface area (Å²) in [7, 11) is 3.15. The van der Waals surface area contributed by atoms with Crippen molar-refractivity contribution in [1.82, 2.24) is 15.0 Å². The number of likely N-dealkylation sites (tertiary alicyclic amines) is 1. The summed E-state index contributed by atoms with van der Waals surface area (Å²) in [6.07, 6.45) is 7.68. The van der Waals surface area contributed by atoms with Crippen molar-refractivity contribution in [2.45, 2.75) is 50.9 Å². The molecular weight excluding hydrogens is 410 g/mol. The molecule has 1 aliphatic heterocycles. The van der Waals surface area contributed by atoms with Crippen molar-refractivity contribution in [3.63, 3.8) is 0 Å². The fraction of sp³-hybridized carbons (Fsp3) is 0.625. The van der Waals surface area contributed by atoms with Crippen molar-refractivity contribution < 1.29 is 23.5 Å². The molecule has 2 fully saturated rings. The number of rotatable bonds is 9. The van der Waals surface area contributed by atoms with Crippen LogP contribution in [0.25, 0.3) is 0 Å². The van der Waals surface area contributed by atoms with E-state index in [-0.39, 0.29) is 11.8 Å². The molecule has 0 bridgehead atoms. The highest BCUT2D eigenvalue weighted by atomic mass is 16.5. The summed E-state index contributed by atoms with van der Waals surface area (Å²) in [6.45, 7) is 2.69. The Hall–Kier alpha value is -2.61. The minimum Gasteiger partial charge on any atom is -0.497 e. The standard InChI is InChI=1S/C24H33N3O5/c1-29-19-9-10-20(21(14-19)30-2)24(28)27-12-5-8-18(15-27)23-25-22(26-32-23)11-13-31-16-17-6-3-4-7-17/h9-10,14,17-18H,3-8,11-13,15-16H2,1-2H3. The van der Waals surface area contributed by atoms with Gasteiger partial charge in [0.15, 0.2) is 5.82 Å². The van der Waals surface area contributed by atoms with E-state index in [0.29, 0.717) is 60.8 Å². The molecule has 1 aromatic heterocycles. The molecule has 2 aliphatic rings. The van der Waals surface area contributed by atoms with Gasteiger partial charge in [0, 0.05) is 32.2 Å². The first-order valence-electron chi connectivity index (χ1n) is 11.6. The third-order valence-corrected chi connectivity index (χ3v) is 6.48. The number of hydrogen-bond acceptors (Lipinski definition) is 7. The van der Waals surface area contributed by atoms with Crippen molar-refractivity contribution in [1.29, 1.82) is 0 Å². The predicted molar refractivity (Wildman–Crippen MR) is 118 cm³/mol. The van der Waals surface area contributed by atoms with E-state index in [4.69, 9.17) is 18.7 Å². The second kappa shape index (κ2) is 10.8. The maximum atomic E-state index is 13.2. The third-order valence-electron chi connectivity index (χ3n) is 6.48. The zero-order valence-corrected chi connectivity index (χ0v) is 19.0. The van der Waals surface area contributed by atoms with E-state index in [2.05, 4.69) is 10.1 Å². The molecule has 1 amide bonds. The fourth-order valence-electron chi connectivity index (χ4n) is 4.63. The van der Waals surface area contributed by atoms with E-state index in [1.165, 1.54) is 25.7 Å². The van der Waals surface area contributed by atoms with Crippen molar-refractivity contribution in [3.05, 3.63) is 35.5 Å². The Bertz CT molecular complexity index is 894. The monoisotopic (exact) mass is 443 g/mol. The summed E-state index contributed by atoms with van der Waals surface area (Å²) < 4.78 is 22.0. The maximum Gasteiger partial charge on any atom is 0.257 e. The highest BCUT2D eigenvalue weighted by Crippen LogP contribution is 2.30. The molecule has 0 N–H and O–H groups in total. The number of benzene rings is 1. The number of carbonyl (C=O) groups excluding carboxylic acids is 1. The summed E-state index contributed by atoms with van der Waals surface area (Å²) in [5.74, 6) is 3.13. The van der Waals surface area contributed by atoms with Gasteiger partial charge in [0.1, 0.15) is 11.5 Å². The molecule has 1 unspecified atom stereocenters. The Kier molecular flexibility index (Phi) is 7.63. The number of methoxy groups -OCH3 is 2. The Morgan fingerprint density at radius 2 is 2.00 bits per heavy atom. The summed E-state index contributed by atoms with van der Waals surface area (Å²) >= 11 is 0. The van der Waals surface area contributed by atoms with Gasteiger partial charge in [-0.25, -0.2) is 0 Å². The second-order valence-electron chi connectivity index (χ2n) is 8.68. The van der Waals surface area contributed by atoms with Crippen molar-refractivity contribution in [2.24, 2.45) is 5.92 Å². The van der Waals surface area contributed by atoms with E-state index in [9.17, 15) is 4.79 Å². The lowest BCUT2D eigenvalue weighted by molar-refractivity contribution is 0.0692. The van der Waals surface area contributed by atoms with Gasteiger partial charge in [0.25, 0.3) is 5.91 Å².